The van der Waals surface area contributed by atoms with Crippen LogP contribution in [0.2, 0.25) is 0 Å². The van der Waals surface area contributed by atoms with E-state index in [9.17, 15) is 10.1 Å². The average molecular weight is 291 g/mol. The third kappa shape index (κ3) is 2.72. The van der Waals surface area contributed by atoms with Gasteiger partial charge in [0.1, 0.15) is 7.05 Å². The highest BCUT2D eigenvalue weighted by atomic mass is 16.6. The summed E-state index contributed by atoms with van der Waals surface area (Å²) in [5.74, 6) is 0. The third-order valence-corrected chi connectivity index (χ3v) is 3.65. The highest BCUT2D eigenvalue weighted by molar-refractivity contribution is 5.77. The minimum atomic E-state index is -0.382. The van der Waals surface area contributed by atoms with Crippen molar-refractivity contribution < 1.29 is 9.49 Å². The summed E-state index contributed by atoms with van der Waals surface area (Å²) in [6.07, 6.45) is 3.85. The zero-order valence-corrected chi connectivity index (χ0v) is 12.1. The highest BCUT2D eigenvalue weighted by Crippen LogP contribution is 2.16. The van der Waals surface area contributed by atoms with Crippen LogP contribution in [0.25, 0.3) is 23.1 Å². The number of pyridine rings is 1. The number of fused-ring (bicyclic) bond motifs is 1. The molecule has 0 atom stereocenters. The van der Waals surface area contributed by atoms with Crippen LogP contribution in [0, 0.1) is 10.1 Å². The van der Waals surface area contributed by atoms with Crippen molar-refractivity contribution in [3.63, 3.8) is 0 Å². The second-order valence-electron chi connectivity index (χ2n) is 5.06. The summed E-state index contributed by atoms with van der Waals surface area (Å²) in [6.45, 7) is 0. The molecule has 0 radical (unpaired) electrons. The van der Waals surface area contributed by atoms with Gasteiger partial charge < -0.3 is 0 Å². The van der Waals surface area contributed by atoms with Gasteiger partial charge in [0.05, 0.1) is 4.92 Å². The fourth-order valence-electron chi connectivity index (χ4n) is 2.45. The number of non-ortho nitro benzene ring substituents is 1. The topological polar surface area (TPSA) is 47.0 Å². The maximum absolute atomic E-state index is 10.8. The zero-order valence-electron chi connectivity index (χ0n) is 12.1. The number of rotatable bonds is 3. The van der Waals surface area contributed by atoms with Crippen LogP contribution in [-0.2, 0) is 7.05 Å². The van der Waals surface area contributed by atoms with Gasteiger partial charge in [0.15, 0.2) is 0 Å². The van der Waals surface area contributed by atoms with Gasteiger partial charge in [-0.2, -0.15) is 4.57 Å². The highest BCUT2D eigenvalue weighted by Gasteiger charge is 2.08. The van der Waals surface area contributed by atoms with Crippen molar-refractivity contribution in [2.45, 2.75) is 0 Å². The number of nitrogens with zero attached hydrogens (tertiary/aromatic N) is 2. The molecule has 108 valence electrons. The molecule has 3 rings (SSSR count). The molecule has 0 fully saturated rings. The van der Waals surface area contributed by atoms with E-state index in [-0.39, 0.29) is 10.6 Å². The second-order valence-corrected chi connectivity index (χ2v) is 5.06. The van der Waals surface area contributed by atoms with Gasteiger partial charge in [0.25, 0.3) is 5.69 Å². The average Bonchev–Trinajstić information content (AvgIpc) is 2.55. The van der Waals surface area contributed by atoms with Crippen LogP contribution in [0.5, 0.6) is 0 Å². The van der Waals surface area contributed by atoms with Gasteiger partial charge in [0, 0.05) is 35.7 Å². The molecule has 0 unspecified atom stereocenters. The fourth-order valence-corrected chi connectivity index (χ4v) is 2.45. The Bertz CT molecular complexity index is 885. The molecule has 0 aliphatic rings. The van der Waals surface area contributed by atoms with Crippen molar-refractivity contribution in [2.24, 2.45) is 7.05 Å². The molecule has 1 heterocycles. The standard InChI is InChI=1S/C18H15N2O2/c1-19-16(12-10-15-6-2-3-8-18(15)19)11-9-14-5-4-7-17(13-14)20(21)22/h2-13H,1H3/q+1/b11-9-. The van der Waals surface area contributed by atoms with Crippen molar-refractivity contribution in [1.29, 1.82) is 0 Å². The molecule has 0 saturated heterocycles. The molecular weight excluding hydrogens is 276 g/mol. The largest absolute Gasteiger partial charge is 0.270 e. The van der Waals surface area contributed by atoms with E-state index in [1.165, 1.54) is 11.5 Å². The van der Waals surface area contributed by atoms with Gasteiger partial charge in [-0.3, -0.25) is 10.1 Å². The lowest BCUT2D eigenvalue weighted by atomic mass is 10.1. The van der Waals surface area contributed by atoms with Gasteiger partial charge in [-0.25, -0.2) is 0 Å². The molecular formula is C18H15N2O2+. The Morgan fingerprint density at radius 2 is 1.82 bits per heavy atom. The molecule has 0 aliphatic heterocycles. The second kappa shape index (κ2) is 5.77. The molecule has 0 aliphatic carbocycles. The zero-order chi connectivity index (χ0) is 15.5. The van der Waals surface area contributed by atoms with E-state index in [1.54, 1.807) is 12.1 Å². The lowest BCUT2D eigenvalue weighted by Crippen LogP contribution is -2.32. The number of para-hydroxylation sites is 1. The predicted octanol–water partition coefficient (Wildman–Crippen LogP) is 3.74. The summed E-state index contributed by atoms with van der Waals surface area (Å²) in [7, 11) is 2.01. The summed E-state index contributed by atoms with van der Waals surface area (Å²) in [5.41, 5.74) is 3.08. The van der Waals surface area contributed by atoms with Crippen LogP contribution in [0.15, 0.2) is 60.7 Å². The quantitative estimate of drug-likeness (QED) is 0.419. The Morgan fingerprint density at radius 3 is 2.64 bits per heavy atom. The van der Waals surface area contributed by atoms with Crippen molar-refractivity contribution in [3.05, 3.63) is 82.0 Å². The summed E-state index contributed by atoms with van der Waals surface area (Å²) < 4.78 is 2.10. The summed E-state index contributed by atoms with van der Waals surface area (Å²) >= 11 is 0. The van der Waals surface area contributed by atoms with E-state index in [4.69, 9.17) is 0 Å². The van der Waals surface area contributed by atoms with Crippen LogP contribution in [0.3, 0.4) is 0 Å². The van der Waals surface area contributed by atoms with Crippen molar-refractivity contribution in [3.8, 4) is 0 Å². The minimum Gasteiger partial charge on any atom is -0.258 e. The number of nitro groups is 1. The first kappa shape index (κ1) is 13.9. The van der Waals surface area contributed by atoms with Crippen molar-refractivity contribution in [2.75, 3.05) is 0 Å². The van der Waals surface area contributed by atoms with E-state index in [0.717, 1.165) is 16.8 Å². The van der Waals surface area contributed by atoms with Gasteiger partial charge in [-0.1, -0.05) is 24.3 Å². The number of nitro benzene ring substituents is 1. The van der Waals surface area contributed by atoms with E-state index < -0.39 is 0 Å². The third-order valence-electron chi connectivity index (χ3n) is 3.65. The van der Waals surface area contributed by atoms with Gasteiger partial charge in [-0.15, -0.1) is 0 Å². The van der Waals surface area contributed by atoms with E-state index >= 15 is 0 Å². The summed E-state index contributed by atoms with van der Waals surface area (Å²) in [6, 6.07) is 18.9. The molecule has 4 nitrogen and oxygen atoms in total. The lowest BCUT2D eigenvalue weighted by Gasteiger charge is -2.00. The van der Waals surface area contributed by atoms with Gasteiger partial charge >= 0.3 is 0 Å². The number of benzene rings is 2. The molecule has 0 saturated carbocycles. The van der Waals surface area contributed by atoms with Crippen LogP contribution in [0.1, 0.15) is 11.3 Å². The first-order valence-corrected chi connectivity index (χ1v) is 6.95. The van der Waals surface area contributed by atoms with E-state index in [1.807, 2.05) is 43.5 Å². The monoisotopic (exact) mass is 291 g/mol. The van der Waals surface area contributed by atoms with E-state index in [0.29, 0.717) is 0 Å². The first-order chi connectivity index (χ1) is 10.6. The number of aromatic nitrogens is 1. The van der Waals surface area contributed by atoms with Gasteiger partial charge in [0.2, 0.25) is 11.2 Å². The number of hydrogen-bond acceptors (Lipinski definition) is 2. The maximum atomic E-state index is 10.8. The Hall–Kier alpha value is -3.01. The smallest absolute Gasteiger partial charge is 0.258 e. The SMILES string of the molecule is C[n+]1c(/C=C\c2cccc([N+](=O)[O-])c2)ccc2ccccc21. The molecule has 3 aromatic rings. The van der Waals surface area contributed by atoms with Crippen LogP contribution >= 0.6 is 0 Å². The first-order valence-electron chi connectivity index (χ1n) is 6.95. The van der Waals surface area contributed by atoms with Crippen molar-refractivity contribution >= 4 is 28.7 Å². The minimum absolute atomic E-state index is 0.102. The number of aryl methyl sites for hydroxylation is 1. The summed E-state index contributed by atoms with van der Waals surface area (Å²) in [5, 5.41) is 12.0. The molecule has 0 spiro atoms. The van der Waals surface area contributed by atoms with E-state index in [2.05, 4.69) is 22.8 Å². The Balaban J connectivity index is 1.97. The molecule has 0 bridgehead atoms. The molecule has 22 heavy (non-hydrogen) atoms. The van der Waals surface area contributed by atoms with Crippen LogP contribution < -0.4 is 4.57 Å². The fraction of sp³-hybridized carbons (Fsp3) is 0.0556. The normalized spacial score (nSPS) is 11.1. The summed E-state index contributed by atoms with van der Waals surface area (Å²) in [4.78, 5) is 10.4. The lowest BCUT2D eigenvalue weighted by molar-refractivity contribution is -0.646. The molecule has 0 N–H and O–H groups in total. The van der Waals surface area contributed by atoms with Crippen molar-refractivity contribution in [1.82, 2.24) is 0 Å². The molecule has 1 aromatic heterocycles. The maximum Gasteiger partial charge on any atom is 0.270 e. The molecule has 2 aromatic carbocycles. The van der Waals surface area contributed by atoms with Gasteiger partial charge in [-0.05, 0) is 23.8 Å². The Morgan fingerprint density at radius 1 is 1.00 bits per heavy atom. The van der Waals surface area contributed by atoms with Crippen LogP contribution in [0.4, 0.5) is 5.69 Å². The Kier molecular flexibility index (Phi) is 3.66. The predicted molar refractivity (Wildman–Crippen MR) is 87.1 cm³/mol. The Labute approximate surface area is 128 Å². The molecule has 4 heteroatoms. The van der Waals surface area contributed by atoms with Crippen LogP contribution in [-0.4, -0.2) is 4.92 Å². The molecule has 0 amide bonds. The number of hydrogen-bond donors (Lipinski definition) is 0.